The molecule has 3 aromatic rings. The number of benzene rings is 3. The quantitative estimate of drug-likeness (QED) is 0.683. The van der Waals surface area contributed by atoms with Crippen LogP contribution in [0.25, 0.3) is 0 Å². The number of aryl methyl sites for hydroxylation is 1. The van der Waals surface area contributed by atoms with Crippen LogP contribution in [0.2, 0.25) is 5.02 Å². The van der Waals surface area contributed by atoms with Crippen molar-refractivity contribution in [2.45, 2.75) is 19.4 Å². The summed E-state index contributed by atoms with van der Waals surface area (Å²) < 4.78 is 0. The maximum atomic E-state index is 13.3. The monoisotopic (exact) mass is 404 g/mol. The topological polar surface area (TPSA) is 52.9 Å². The summed E-state index contributed by atoms with van der Waals surface area (Å²) in [7, 11) is 1.77. The van der Waals surface area contributed by atoms with E-state index in [1.54, 1.807) is 42.3 Å². The van der Waals surface area contributed by atoms with Crippen LogP contribution in [0, 0.1) is 6.92 Å². The van der Waals surface area contributed by atoms with Crippen LogP contribution in [-0.4, -0.2) is 29.8 Å². The van der Waals surface area contributed by atoms with Gasteiger partial charge in [-0.1, -0.05) is 41.4 Å². The first-order chi connectivity index (χ1) is 13.9. The van der Waals surface area contributed by atoms with Gasteiger partial charge in [-0.25, -0.2) is 0 Å². The molecule has 29 heavy (non-hydrogen) atoms. The molecule has 1 unspecified atom stereocenters. The fraction of sp³-hybridized carbons (Fsp3) is 0.167. The lowest BCUT2D eigenvalue weighted by molar-refractivity contribution is -0.119. The minimum Gasteiger partial charge on any atom is -0.508 e. The molecule has 1 N–H and O–H groups in total. The Labute approximate surface area is 175 Å². The molecule has 0 radical (unpaired) electrons. The van der Waals surface area contributed by atoms with Crippen molar-refractivity contribution >= 4 is 28.9 Å². The number of benzodiazepines with no additional fused rings is 1. The van der Waals surface area contributed by atoms with E-state index in [0.29, 0.717) is 17.2 Å². The fourth-order valence-electron chi connectivity index (χ4n) is 3.66. The van der Waals surface area contributed by atoms with Gasteiger partial charge >= 0.3 is 0 Å². The van der Waals surface area contributed by atoms with E-state index in [9.17, 15) is 9.90 Å². The highest BCUT2D eigenvalue weighted by Gasteiger charge is 2.30. The Morgan fingerprint density at radius 2 is 1.83 bits per heavy atom. The Morgan fingerprint density at radius 3 is 2.55 bits per heavy atom. The number of hydrogen-bond acceptors (Lipinski definition) is 3. The lowest BCUT2D eigenvalue weighted by atomic mass is 10.00. The van der Waals surface area contributed by atoms with Crippen LogP contribution < -0.4 is 4.90 Å². The molecule has 1 amide bonds. The molecule has 146 valence electrons. The smallest absolute Gasteiger partial charge is 0.251 e. The molecule has 0 aromatic heterocycles. The first-order valence-electron chi connectivity index (χ1n) is 9.42. The van der Waals surface area contributed by atoms with Crippen molar-refractivity contribution in [1.82, 2.24) is 0 Å². The summed E-state index contributed by atoms with van der Waals surface area (Å²) in [6.07, 6.45) is 0.508. The largest absolute Gasteiger partial charge is 0.508 e. The van der Waals surface area contributed by atoms with E-state index in [0.717, 1.165) is 27.9 Å². The van der Waals surface area contributed by atoms with Crippen LogP contribution >= 0.6 is 11.6 Å². The number of phenolic OH excluding ortho intramolecular Hbond substituents is 1. The highest BCUT2D eigenvalue weighted by molar-refractivity contribution is 6.32. The van der Waals surface area contributed by atoms with Crippen LogP contribution in [-0.2, 0) is 11.2 Å². The minimum atomic E-state index is -0.559. The predicted molar refractivity (Wildman–Crippen MR) is 117 cm³/mol. The molecular formula is C24H21ClN2O2. The standard InChI is InChI=1S/C24H21ClN2O2/c1-15-4-3-5-16(12-15)13-21-24(29)27(2)22-11-8-18(25)14-20(22)23(26-21)17-6-9-19(28)10-7-17/h3-12,14,21,28H,13H2,1-2H3. The summed E-state index contributed by atoms with van der Waals surface area (Å²) in [6.45, 7) is 2.04. The minimum absolute atomic E-state index is 0.0659. The van der Waals surface area contributed by atoms with Crippen LogP contribution in [0.1, 0.15) is 22.3 Å². The second-order valence-electron chi connectivity index (χ2n) is 7.29. The number of nitrogens with zero attached hydrogens (tertiary/aromatic N) is 2. The SMILES string of the molecule is Cc1cccc(CC2N=C(c3ccc(O)cc3)c3cc(Cl)ccc3N(C)C2=O)c1. The van der Waals surface area contributed by atoms with Crippen LogP contribution in [0.15, 0.2) is 71.7 Å². The van der Waals surface area contributed by atoms with Gasteiger partial charge in [0.25, 0.3) is 5.91 Å². The molecule has 0 saturated carbocycles. The number of hydrogen-bond donors (Lipinski definition) is 1. The van der Waals surface area contributed by atoms with Gasteiger partial charge in [0.1, 0.15) is 11.8 Å². The zero-order chi connectivity index (χ0) is 20.5. The van der Waals surface area contributed by atoms with Crippen molar-refractivity contribution in [1.29, 1.82) is 0 Å². The Hall–Kier alpha value is -3.11. The van der Waals surface area contributed by atoms with Crippen molar-refractivity contribution < 1.29 is 9.90 Å². The molecule has 1 heterocycles. The molecule has 0 fully saturated rings. The normalized spacial score (nSPS) is 16.2. The van der Waals surface area contributed by atoms with Gasteiger partial charge in [0, 0.05) is 29.6 Å². The van der Waals surface area contributed by atoms with E-state index in [2.05, 4.69) is 6.07 Å². The lowest BCUT2D eigenvalue weighted by Gasteiger charge is -2.20. The summed E-state index contributed by atoms with van der Waals surface area (Å²) in [5.41, 5.74) is 5.29. The van der Waals surface area contributed by atoms with Gasteiger partial charge in [0.05, 0.1) is 11.4 Å². The van der Waals surface area contributed by atoms with E-state index >= 15 is 0 Å². The molecule has 0 bridgehead atoms. The Morgan fingerprint density at radius 1 is 1.07 bits per heavy atom. The maximum absolute atomic E-state index is 13.3. The summed E-state index contributed by atoms with van der Waals surface area (Å²) in [5.74, 6) is 0.114. The molecule has 3 aromatic carbocycles. The highest BCUT2D eigenvalue weighted by Crippen LogP contribution is 2.31. The summed E-state index contributed by atoms with van der Waals surface area (Å²) in [4.78, 5) is 19.8. The maximum Gasteiger partial charge on any atom is 0.251 e. The number of carbonyl (C=O) groups excluding carboxylic acids is 1. The van der Waals surface area contributed by atoms with Gasteiger partial charge in [-0.3, -0.25) is 9.79 Å². The number of rotatable bonds is 3. The third-order valence-corrected chi connectivity index (χ3v) is 5.36. The summed E-state index contributed by atoms with van der Waals surface area (Å²) in [6, 6.07) is 19.9. The van der Waals surface area contributed by atoms with Crippen LogP contribution in [0.3, 0.4) is 0 Å². The number of carbonyl (C=O) groups is 1. The van der Waals surface area contributed by atoms with Crippen molar-refractivity contribution in [3.8, 4) is 5.75 Å². The molecule has 1 aliphatic heterocycles. The molecule has 4 rings (SSSR count). The summed E-state index contributed by atoms with van der Waals surface area (Å²) in [5, 5.41) is 10.3. The summed E-state index contributed by atoms with van der Waals surface area (Å²) >= 11 is 6.28. The second-order valence-corrected chi connectivity index (χ2v) is 7.73. The van der Waals surface area contributed by atoms with E-state index in [1.807, 2.05) is 37.3 Å². The number of halogens is 1. The number of aliphatic imine (C=N–C) groups is 1. The molecule has 0 saturated heterocycles. The molecule has 0 spiro atoms. The third kappa shape index (κ3) is 3.89. The molecular weight excluding hydrogens is 384 g/mol. The zero-order valence-electron chi connectivity index (χ0n) is 16.3. The number of amides is 1. The number of fused-ring (bicyclic) bond motifs is 1. The molecule has 4 nitrogen and oxygen atoms in total. The Kier molecular flexibility index (Phi) is 5.12. The van der Waals surface area contributed by atoms with Crippen LogP contribution in [0.5, 0.6) is 5.75 Å². The van der Waals surface area contributed by atoms with E-state index in [4.69, 9.17) is 16.6 Å². The molecule has 1 atom stereocenters. The van der Waals surface area contributed by atoms with E-state index in [-0.39, 0.29) is 11.7 Å². The van der Waals surface area contributed by atoms with Gasteiger partial charge in [0.15, 0.2) is 0 Å². The molecule has 0 aliphatic carbocycles. The molecule has 1 aliphatic rings. The average molecular weight is 405 g/mol. The van der Waals surface area contributed by atoms with Gasteiger partial charge in [-0.2, -0.15) is 0 Å². The van der Waals surface area contributed by atoms with Crippen molar-refractivity contribution in [3.05, 3.63) is 94.0 Å². The van der Waals surface area contributed by atoms with Gasteiger partial charge in [-0.05, 0) is 55.0 Å². The van der Waals surface area contributed by atoms with Crippen molar-refractivity contribution in [2.24, 2.45) is 4.99 Å². The second kappa shape index (κ2) is 7.72. The first-order valence-corrected chi connectivity index (χ1v) is 9.80. The molecule has 5 heteroatoms. The van der Waals surface area contributed by atoms with Gasteiger partial charge in [0.2, 0.25) is 0 Å². The number of phenols is 1. The number of anilines is 1. The van der Waals surface area contributed by atoms with Gasteiger partial charge < -0.3 is 10.0 Å². The number of likely N-dealkylation sites (N-methyl/N-ethyl adjacent to an activating group) is 1. The number of aromatic hydroxyl groups is 1. The van der Waals surface area contributed by atoms with E-state index in [1.165, 1.54) is 0 Å². The van der Waals surface area contributed by atoms with Crippen LogP contribution in [0.4, 0.5) is 5.69 Å². The average Bonchev–Trinajstić information content (AvgIpc) is 2.79. The predicted octanol–water partition coefficient (Wildman–Crippen LogP) is 4.78. The fourth-order valence-corrected chi connectivity index (χ4v) is 3.83. The Balaban J connectivity index is 1.86. The van der Waals surface area contributed by atoms with Crippen molar-refractivity contribution in [3.63, 3.8) is 0 Å². The van der Waals surface area contributed by atoms with E-state index < -0.39 is 6.04 Å². The van der Waals surface area contributed by atoms with Crippen molar-refractivity contribution in [2.75, 3.05) is 11.9 Å². The third-order valence-electron chi connectivity index (χ3n) is 5.13. The highest BCUT2D eigenvalue weighted by atomic mass is 35.5. The van der Waals surface area contributed by atoms with Gasteiger partial charge in [-0.15, -0.1) is 0 Å². The first kappa shape index (κ1) is 19.2. The lowest BCUT2D eigenvalue weighted by Crippen LogP contribution is -2.36. The Bertz CT molecular complexity index is 1110. The zero-order valence-corrected chi connectivity index (χ0v) is 17.0.